The Kier molecular flexibility index (Phi) is 3.62. The molecule has 18 heavy (non-hydrogen) atoms. The van der Waals surface area contributed by atoms with Gasteiger partial charge in [-0.05, 0) is 24.6 Å². The Morgan fingerprint density at radius 3 is 2.89 bits per heavy atom. The van der Waals surface area contributed by atoms with Crippen LogP contribution in [0.4, 0.5) is 10.3 Å². The van der Waals surface area contributed by atoms with Crippen molar-refractivity contribution in [3.8, 4) is 11.6 Å². The SMILES string of the molecule is CNc1ncc(Cl)c(Oc2cc(C)ccc2F)n1. The first-order chi connectivity index (χ1) is 8.60. The smallest absolute Gasteiger partial charge is 0.243 e. The minimum Gasteiger partial charge on any atom is -0.434 e. The lowest BCUT2D eigenvalue weighted by Crippen LogP contribution is -1.99. The summed E-state index contributed by atoms with van der Waals surface area (Å²) >= 11 is 5.89. The zero-order chi connectivity index (χ0) is 13.1. The Balaban J connectivity index is 2.36. The number of halogens is 2. The van der Waals surface area contributed by atoms with Gasteiger partial charge in [-0.3, -0.25) is 0 Å². The molecule has 0 aliphatic carbocycles. The van der Waals surface area contributed by atoms with Crippen molar-refractivity contribution in [2.24, 2.45) is 0 Å². The summed E-state index contributed by atoms with van der Waals surface area (Å²) in [6.45, 7) is 1.84. The van der Waals surface area contributed by atoms with Gasteiger partial charge in [0.15, 0.2) is 11.6 Å². The minimum absolute atomic E-state index is 0.0812. The van der Waals surface area contributed by atoms with E-state index in [4.69, 9.17) is 16.3 Å². The van der Waals surface area contributed by atoms with Crippen LogP contribution in [0.1, 0.15) is 5.56 Å². The van der Waals surface area contributed by atoms with Gasteiger partial charge < -0.3 is 10.1 Å². The summed E-state index contributed by atoms with van der Waals surface area (Å²) in [4.78, 5) is 7.92. The number of nitrogens with zero attached hydrogens (tertiary/aromatic N) is 2. The molecule has 0 atom stereocenters. The second-order valence-electron chi connectivity index (χ2n) is 3.63. The number of nitrogens with one attached hydrogen (secondary N) is 1. The first kappa shape index (κ1) is 12.6. The number of anilines is 1. The van der Waals surface area contributed by atoms with Crippen LogP contribution >= 0.6 is 11.6 Å². The lowest BCUT2D eigenvalue weighted by atomic mass is 10.2. The third-order valence-corrected chi connectivity index (χ3v) is 2.49. The average Bonchev–Trinajstić information content (AvgIpc) is 2.36. The van der Waals surface area contributed by atoms with E-state index >= 15 is 0 Å². The van der Waals surface area contributed by atoms with E-state index in [0.717, 1.165) is 5.56 Å². The van der Waals surface area contributed by atoms with Gasteiger partial charge in [-0.1, -0.05) is 17.7 Å². The van der Waals surface area contributed by atoms with Crippen LogP contribution in [0.15, 0.2) is 24.4 Å². The molecule has 0 aliphatic rings. The highest BCUT2D eigenvalue weighted by Crippen LogP contribution is 2.29. The number of hydrogen-bond donors (Lipinski definition) is 1. The number of aryl methyl sites for hydroxylation is 1. The van der Waals surface area contributed by atoms with Gasteiger partial charge in [0, 0.05) is 7.05 Å². The predicted molar refractivity (Wildman–Crippen MR) is 67.8 cm³/mol. The maximum absolute atomic E-state index is 13.5. The highest BCUT2D eigenvalue weighted by Gasteiger charge is 2.10. The summed E-state index contributed by atoms with van der Waals surface area (Å²) in [6.07, 6.45) is 1.39. The predicted octanol–water partition coefficient (Wildman–Crippen LogP) is 3.41. The Labute approximate surface area is 109 Å². The molecule has 2 aromatic rings. The molecule has 0 bridgehead atoms. The summed E-state index contributed by atoms with van der Waals surface area (Å²) in [7, 11) is 1.67. The average molecular weight is 268 g/mol. The summed E-state index contributed by atoms with van der Waals surface area (Å²) in [5.41, 5.74) is 0.880. The molecule has 0 radical (unpaired) electrons. The van der Waals surface area contributed by atoms with E-state index < -0.39 is 5.82 Å². The van der Waals surface area contributed by atoms with Crippen LogP contribution in [0.25, 0.3) is 0 Å². The maximum Gasteiger partial charge on any atom is 0.243 e. The van der Waals surface area contributed by atoms with Crippen LogP contribution in [0.5, 0.6) is 11.6 Å². The second-order valence-corrected chi connectivity index (χ2v) is 4.04. The van der Waals surface area contributed by atoms with Crippen molar-refractivity contribution in [2.75, 3.05) is 12.4 Å². The van der Waals surface area contributed by atoms with Crippen LogP contribution in [-0.4, -0.2) is 17.0 Å². The van der Waals surface area contributed by atoms with Crippen molar-refractivity contribution in [3.05, 3.63) is 40.8 Å². The lowest BCUT2D eigenvalue weighted by molar-refractivity contribution is 0.427. The molecule has 4 nitrogen and oxygen atoms in total. The van der Waals surface area contributed by atoms with Crippen molar-refractivity contribution in [3.63, 3.8) is 0 Å². The Morgan fingerprint density at radius 2 is 2.17 bits per heavy atom. The quantitative estimate of drug-likeness (QED) is 0.926. The van der Waals surface area contributed by atoms with E-state index in [0.29, 0.717) is 5.95 Å². The van der Waals surface area contributed by atoms with Crippen LogP contribution < -0.4 is 10.1 Å². The van der Waals surface area contributed by atoms with Gasteiger partial charge in [-0.2, -0.15) is 4.98 Å². The van der Waals surface area contributed by atoms with Gasteiger partial charge in [0.2, 0.25) is 11.8 Å². The lowest BCUT2D eigenvalue weighted by Gasteiger charge is -2.09. The van der Waals surface area contributed by atoms with Crippen LogP contribution in [-0.2, 0) is 0 Å². The highest BCUT2D eigenvalue weighted by molar-refractivity contribution is 6.31. The molecule has 1 N–H and O–H groups in total. The maximum atomic E-state index is 13.5. The first-order valence-electron chi connectivity index (χ1n) is 5.24. The molecular formula is C12H11ClFN3O. The van der Waals surface area contributed by atoms with Crippen LogP contribution in [0.3, 0.4) is 0 Å². The summed E-state index contributed by atoms with van der Waals surface area (Å²) in [5.74, 6) is 0.0712. The highest BCUT2D eigenvalue weighted by atomic mass is 35.5. The van der Waals surface area contributed by atoms with E-state index in [-0.39, 0.29) is 16.7 Å². The summed E-state index contributed by atoms with van der Waals surface area (Å²) in [5, 5.41) is 2.97. The number of ether oxygens (including phenoxy) is 1. The molecule has 1 aromatic heterocycles. The van der Waals surface area contributed by atoms with Crippen molar-refractivity contribution in [1.82, 2.24) is 9.97 Å². The van der Waals surface area contributed by atoms with Crippen LogP contribution in [0, 0.1) is 12.7 Å². The molecule has 0 saturated heterocycles. The molecule has 94 valence electrons. The zero-order valence-corrected chi connectivity index (χ0v) is 10.6. The van der Waals surface area contributed by atoms with Gasteiger partial charge >= 0.3 is 0 Å². The van der Waals surface area contributed by atoms with E-state index in [1.807, 2.05) is 6.92 Å². The fraction of sp³-hybridized carbons (Fsp3) is 0.167. The molecule has 0 aliphatic heterocycles. The van der Waals surface area contributed by atoms with E-state index in [1.54, 1.807) is 19.2 Å². The molecular weight excluding hydrogens is 257 g/mol. The molecule has 6 heteroatoms. The normalized spacial score (nSPS) is 10.2. The van der Waals surface area contributed by atoms with Gasteiger partial charge in [0.05, 0.1) is 6.20 Å². The Hall–Kier alpha value is -1.88. The summed E-state index contributed by atoms with van der Waals surface area (Å²) in [6, 6.07) is 4.56. The van der Waals surface area contributed by atoms with E-state index in [1.165, 1.54) is 12.3 Å². The topological polar surface area (TPSA) is 47.0 Å². The minimum atomic E-state index is -0.471. The van der Waals surface area contributed by atoms with Crippen LogP contribution in [0.2, 0.25) is 5.02 Å². The van der Waals surface area contributed by atoms with Crippen molar-refractivity contribution in [2.45, 2.75) is 6.92 Å². The standard InChI is InChI=1S/C12H11ClFN3O/c1-7-3-4-9(14)10(5-7)18-11-8(13)6-16-12(15-2)17-11/h3-6H,1-2H3,(H,15,16,17). The summed E-state index contributed by atoms with van der Waals surface area (Å²) < 4.78 is 18.9. The van der Waals surface area contributed by atoms with Gasteiger partial charge in [0.25, 0.3) is 0 Å². The molecule has 1 heterocycles. The second kappa shape index (κ2) is 5.18. The largest absolute Gasteiger partial charge is 0.434 e. The zero-order valence-electron chi connectivity index (χ0n) is 9.87. The molecule has 0 amide bonds. The van der Waals surface area contributed by atoms with E-state index in [2.05, 4.69) is 15.3 Å². The third kappa shape index (κ3) is 2.68. The van der Waals surface area contributed by atoms with Gasteiger partial charge in [-0.15, -0.1) is 0 Å². The van der Waals surface area contributed by atoms with Crippen molar-refractivity contribution in [1.29, 1.82) is 0 Å². The monoisotopic (exact) mass is 267 g/mol. The third-order valence-electron chi connectivity index (χ3n) is 2.23. The van der Waals surface area contributed by atoms with E-state index in [9.17, 15) is 4.39 Å². The first-order valence-corrected chi connectivity index (χ1v) is 5.62. The van der Waals surface area contributed by atoms with Crippen molar-refractivity contribution < 1.29 is 9.13 Å². The van der Waals surface area contributed by atoms with Crippen molar-refractivity contribution >= 4 is 17.5 Å². The molecule has 0 unspecified atom stereocenters. The fourth-order valence-corrected chi connectivity index (χ4v) is 1.47. The molecule has 0 spiro atoms. The Morgan fingerprint density at radius 1 is 1.39 bits per heavy atom. The number of hydrogen-bond acceptors (Lipinski definition) is 4. The number of aromatic nitrogens is 2. The molecule has 1 aromatic carbocycles. The molecule has 0 saturated carbocycles. The number of benzene rings is 1. The van der Waals surface area contributed by atoms with Gasteiger partial charge in [0.1, 0.15) is 5.02 Å². The number of rotatable bonds is 3. The molecule has 0 fully saturated rings. The van der Waals surface area contributed by atoms with Gasteiger partial charge in [-0.25, -0.2) is 9.37 Å². The fourth-order valence-electron chi connectivity index (χ4n) is 1.34. The Bertz CT molecular complexity index is 577. The molecule has 2 rings (SSSR count).